The first-order valence-electron chi connectivity index (χ1n) is 3.88. The normalized spacial score (nSPS) is 51.2. The van der Waals surface area contributed by atoms with Gasteiger partial charge in [-0.05, 0) is 26.2 Å². The highest BCUT2D eigenvalue weighted by Crippen LogP contribution is 2.48. The summed E-state index contributed by atoms with van der Waals surface area (Å²) < 4.78 is 5.50. The first-order chi connectivity index (χ1) is 4.74. The highest BCUT2D eigenvalue weighted by molar-refractivity contribution is 5.09. The maximum atomic E-state index is 5.50. The molecule has 1 heterocycles. The van der Waals surface area contributed by atoms with Gasteiger partial charge < -0.3 is 4.74 Å². The van der Waals surface area contributed by atoms with E-state index in [4.69, 9.17) is 11.2 Å². The molecule has 0 amide bonds. The van der Waals surface area contributed by atoms with Crippen molar-refractivity contribution in [2.45, 2.75) is 37.9 Å². The van der Waals surface area contributed by atoms with Gasteiger partial charge in [-0.3, -0.25) is 0 Å². The van der Waals surface area contributed by atoms with Crippen molar-refractivity contribution in [2.75, 3.05) is 0 Å². The van der Waals surface area contributed by atoms with Crippen molar-refractivity contribution in [3.8, 4) is 12.3 Å². The number of rotatable bonds is 0. The third-order valence-electron chi connectivity index (χ3n) is 2.76. The van der Waals surface area contributed by atoms with Gasteiger partial charge >= 0.3 is 0 Å². The highest BCUT2D eigenvalue weighted by Gasteiger charge is 2.54. The number of epoxide rings is 1. The van der Waals surface area contributed by atoms with Gasteiger partial charge in [-0.25, -0.2) is 0 Å². The van der Waals surface area contributed by atoms with E-state index in [1.165, 1.54) is 0 Å². The Hall–Kier alpha value is -0.480. The Labute approximate surface area is 61.8 Å². The molecule has 2 fully saturated rings. The summed E-state index contributed by atoms with van der Waals surface area (Å²) in [5.74, 6) is 3.28. The van der Waals surface area contributed by atoms with Crippen LogP contribution < -0.4 is 0 Å². The molecular weight excluding hydrogens is 124 g/mol. The van der Waals surface area contributed by atoms with Crippen molar-refractivity contribution in [2.24, 2.45) is 5.92 Å². The molecule has 0 spiro atoms. The van der Waals surface area contributed by atoms with E-state index in [9.17, 15) is 0 Å². The zero-order valence-corrected chi connectivity index (χ0v) is 6.26. The lowest BCUT2D eigenvalue weighted by atomic mass is 9.83. The summed E-state index contributed by atoms with van der Waals surface area (Å²) in [6.45, 7) is 2.18. The maximum Gasteiger partial charge on any atom is 0.0921 e. The molecular formula is C9H12O. The van der Waals surface area contributed by atoms with Crippen LogP contribution in [0.4, 0.5) is 0 Å². The van der Waals surface area contributed by atoms with Gasteiger partial charge in [-0.1, -0.05) is 0 Å². The predicted molar refractivity (Wildman–Crippen MR) is 39.5 cm³/mol. The Balaban J connectivity index is 2.00. The Kier molecular flexibility index (Phi) is 1.10. The van der Waals surface area contributed by atoms with Gasteiger partial charge in [0.25, 0.3) is 0 Å². The first-order valence-corrected chi connectivity index (χ1v) is 3.88. The lowest BCUT2D eigenvalue weighted by Crippen LogP contribution is -2.19. The third-order valence-corrected chi connectivity index (χ3v) is 2.76. The van der Waals surface area contributed by atoms with Crippen LogP contribution in [0.5, 0.6) is 0 Å². The zero-order chi connectivity index (χ0) is 7.19. The second kappa shape index (κ2) is 1.77. The lowest BCUT2D eigenvalue weighted by molar-refractivity contribution is 0.303. The molecule has 2 rings (SSSR count). The lowest BCUT2D eigenvalue weighted by Gasteiger charge is -2.16. The molecule has 0 aromatic carbocycles. The SMILES string of the molecule is C#C[C@H]1CC[C@@]2(C)O[C@H]2C1. The fourth-order valence-electron chi connectivity index (χ4n) is 1.80. The molecule has 3 atom stereocenters. The van der Waals surface area contributed by atoms with Gasteiger partial charge in [0.2, 0.25) is 0 Å². The molecule has 10 heavy (non-hydrogen) atoms. The van der Waals surface area contributed by atoms with Crippen LogP contribution in [-0.2, 0) is 4.74 Å². The topological polar surface area (TPSA) is 12.5 Å². The van der Waals surface area contributed by atoms with Crippen LogP contribution in [0.15, 0.2) is 0 Å². The second-order valence-corrected chi connectivity index (χ2v) is 3.56. The van der Waals surface area contributed by atoms with Gasteiger partial charge in [-0.15, -0.1) is 12.3 Å². The summed E-state index contributed by atoms with van der Waals surface area (Å²) in [6.07, 6.45) is 9.22. The maximum absolute atomic E-state index is 5.50. The Morgan fingerprint density at radius 2 is 2.50 bits per heavy atom. The van der Waals surface area contributed by atoms with E-state index in [1.807, 2.05) is 0 Å². The number of hydrogen-bond acceptors (Lipinski definition) is 1. The minimum atomic E-state index is 0.230. The Morgan fingerprint density at radius 1 is 1.70 bits per heavy atom. The van der Waals surface area contributed by atoms with Gasteiger partial charge in [0, 0.05) is 5.92 Å². The van der Waals surface area contributed by atoms with Crippen molar-refractivity contribution < 1.29 is 4.74 Å². The summed E-state index contributed by atoms with van der Waals surface area (Å²) in [4.78, 5) is 0. The number of ether oxygens (including phenoxy) is 1. The second-order valence-electron chi connectivity index (χ2n) is 3.56. The van der Waals surface area contributed by atoms with E-state index in [2.05, 4.69) is 12.8 Å². The Bertz CT molecular complexity index is 191. The fourth-order valence-corrected chi connectivity index (χ4v) is 1.80. The zero-order valence-electron chi connectivity index (χ0n) is 6.26. The molecule has 2 aliphatic rings. The average molecular weight is 136 g/mol. The molecule has 0 aromatic rings. The molecule has 1 aliphatic heterocycles. The van der Waals surface area contributed by atoms with Crippen LogP contribution in [0.2, 0.25) is 0 Å². The molecule has 1 saturated carbocycles. The predicted octanol–water partition coefficient (Wildman–Crippen LogP) is 1.58. The molecule has 0 aromatic heterocycles. The molecule has 0 unspecified atom stereocenters. The van der Waals surface area contributed by atoms with E-state index in [-0.39, 0.29) is 5.60 Å². The van der Waals surface area contributed by atoms with Crippen molar-refractivity contribution in [1.29, 1.82) is 0 Å². The third kappa shape index (κ3) is 0.759. The van der Waals surface area contributed by atoms with E-state index in [0.717, 1.165) is 19.3 Å². The van der Waals surface area contributed by atoms with Crippen LogP contribution in [-0.4, -0.2) is 11.7 Å². The van der Waals surface area contributed by atoms with Gasteiger partial charge in [0.05, 0.1) is 11.7 Å². The van der Waals surface area contributed by atoms with Crippen LogP contribution in [0, 0.1) is 18.3 Å². The smallest absolute Gasteiger partial charge is 0.0921 e. The summed E-state index contributed by atoms with van der Waals surface area (Å²) in [6, 6.07) is 0. The molecule has 1 nitrogen and oxygen atoms in total. The Morgan fingerprint density at radius 3 is 3.10 bits per heavy atom. The molecule has 1 aliphatic carbocycles. The highest BCUT2D eigenvalue weighted by atomic mass is 16.6. The number of hydrogen-bond donors (Lipinski definition) is 0. The molecule has 1 heteroatoms. The first kappa shape index (κ1) is 6.24. The molecule has 0 bridgehead atoms. The van der Waals surface area contributed by atoms with Gasteiger partial charge in [0.15, 0.2) is 0 Å². The van der Waals surface area contributed by atoms with Crippen molar-refractivity contribution in [3.05, 3.63) is 0 Å². The monoisotopic (exact) mass is 136 g/mol. The fraction of sp³-hybridized carbons (Fsp3) is 0.778. The minimum absolute atomic E-state index is 0.230. The average Bonchev–Trinajstić information content (AvgIpc) is 2.59. The van der Waals surface area contributed by atoms with E-state index >= 15 is 0 Å². The van der Waals surface area contributed by atoms with Crippen molar-refractivity contribution >= 4 is 0 Å². The van der Waals surface area contributed by atoms with E-state index < -0.39 is 0 Å². The van der Waals surface area contributed by atoms with E-state index in [1.54, 1.807) is 0 Å². The number of terminal acetylenes is 1. The van der Waals surface area contributed by atoms with Crippen molar-refractivity contribution in [3.63, 3.8) is 0 Å². The van der Waals surface area contributed by atoms with Gasteiger partial charge in [0.1, 0.15) is 0 Å². The summed E-state index contributed by atoms with van der Waals surface area (Å²) >= 11 is 0. The quantitative estimate of drug-likeness (QED) is 0.364. The summed E-state index contributed by atoms with van der Waals surface area (Å²) in [7, 11) is 0. The largest absolute Gasteiger partial charge is 0.366 e. The van der Waals surface area contributed by atoms with Crippen LogP contribution >= 0.6 is 0 Å². The minimum Gasteiger partial charge on any atom is -0.366 e. The number of fused-ring (bicyclic) bond motifs is 1. The molecule has 0 radical (unpaired) electrons. The summed E-state index contributed by atoms with van der Waals surface area (Å²) in [5.41, 5.74) is 0.230. The molecule has 0 N–H and O–H groups in total. The van der Waals surface area contributed by atoms with E-state index in [0.29, 0.717) is 12.0 Å². The van der Waals surface area contributed by atoms with Crippen LogP contribution in [0.25, 0.3) is 0 Å². The standard InChI is InChI=1S/C9H12O/c1-3-7-4-5-9(2)8(6-7)10-9/h1,7-8H,4-6H2,2H3/t7-,8-,9+/m0/s1. The van der Waals surface area contributed by atoms with Crippen LogP contribution in [0.3, 0.4) is 0 Å². The van der Waals surface area contributed by atoms with Crippen molar-refractivity contribution in [1.82, 2.24) is 0 Å². The molecule has 54 valence electrons. The van der Waals surface area contributed by atoms with Gasteiger partial charge in [-0.2, -0.15) is 0 Å². The molecule has 1 saturated heterocycles. The van der Waals surface area contributed by atoms with Crippen LogP contribution in [0.1, 0.15) is 26.2 Å². The summed E-state index contributed by atoms with van der Waals surface area (Å²) in [5, 5.41) is 0.